The van der Waals surface area contributed by atoms with Gasteiger partial charge in [0.1, 0.15) is 6.61 Å². The monoisotopic (exact) mass is 478 g/mol. The Morgan fingerprint density at radius 3 is 2.26 bits per heavy atom. The highest BCUT2D eigenvalue weighted by Gasteiger charge is 2.33. The molecule has 0 spiro atoms. The molecule has 35 heavy (non-hydrogen) atoms. The van der Waals surface area contributed by atoms with Crippen LogP contribution in [-0.4, -0.2) is 41.8 Å². The van der Waals surface area contributed by atoms with E-state index in [9.17, 15) is 14.4 Å². The van der Waals surface area contributed by atoms with E-state index < -0.39 is 12.1 Å². The number of ether oxygens (including phenoxy) is 1. The predicted octanol–water partition coefficient (Wildman–Crippen LogP) is 4.84. The van der Waals surface area contributed by atoms with E-state index in [2.05, 4.69) is 34.9 Å². The molecule has 4 rings (SSSR count). The van der Waals surface area contributed by atoms with Crippen LogP contribution in [0.3, 0.4) is 0 Å². The van der Waals surface area contributed by atoms with Crippen LogP contribution in [0.2, 0.25) is 0 Å². The molecule has 0 unspecified atom stereocenters. The van der Waals surface area contributed by atoms with Crippen LogP contribution in [0.1, 0.15) is 68.9 Å². The van der Waals surface area contributed by atoms with Gasteiger partial charge in [0, 0.05) is 24.4 Å². The number of carbonyl (C=O) groups is 3. The van der Waals surface area contributed by atoms with E-state index in [0.29, 0.717) is 12.8 Å². The van der Waals surface area contributed by atoms with Gasteiger partial charge in [-0.1, -0.05) is 68.3 Å². The summed E-state index contributed by atoms with van der Waals surface area (Å²) in [6.45, 7) is 2.32. The van der Waals surface area contributed by atoms with Crippen LogP contribution in [-0.2, 0) is 14.3 Å². The van der Waals surface area contributed by atoms with Crippen LogP contribution in [0.5, 0.6) is 0 Å². The highest BCUT2D eigenvalue weighted by Crippen LogP contribution is 2.44. The Balaban J connectivity index is 1.19. The van der Waals surface area contributed by atoms with E-state index >= 15 is 0 Å². The van der Waals surface area contributed by atoms with Crippen molar-refractivity contribution in [2.75, 3.05) is 6.61 Å². The van der Waals surface area contributed by atoms with Gasteiger partial charge in [0.25, 0.3) is 0 Å². The molecule has 1 atom stereocenters. The predicted molar refractivity (Wildman–Crippen MR) is 133 cm³/mol. The van der Waals surface area contributed by atoms with Gasteiger partial charge in [-0.3, -0.25) is 9.59 Å². The van der Waals surface area contributed by atoms with E-state index in [-0.39, 0.29) is 42.9 Å². The minimum Gasteiger partial charge on any atom is -0.481 e. The molecule has 1 saturated carbocycles. The Morgan fingerprint density at radius 2 is 1.66 bits per heavy atom. The number of aliphatic carboxylic acids is 1. The Morgan fingerprint density at radius 1 is 1.03 bits per heavy atom. The van der Waals surface area contributed by atoms with Gasteiger partial charge < -0.3 is 20.5 Å². The summed E-state index contributed by atoms with van der Waals surface area (Å²) in [7, 11) is 0. The number of alkyl carbamates (subject to hydrolysis) is 1. The lowest BCUT2D eigenvalue weighted by Crippen LogP contribution is -2.46. The van der Waals surface area contributed by atoms with Crippen LogP contribution >= 0.6 is 0 Å². The van der Waals surface area contributed by atoms with E-state index in [1.807, 2.05) is 31.2 Å². The molecule has 2 aromatic carbocycles. The molecule has 2 aliphatic rings. The van der Waals surface area contributed by atoms with Crippen molar-refractivity contribution in [2.45, 2.75) is 69.9 Å². The van der Waals surface area contributed by atoms with Crippen molar-refractivity contribution in [3.63, 3.8) is 0 Å². The van der Waals surface area contributed by atoms with Crippen LogP contribution in [0, 0.1) is 5.92 Å². The van der Waals surface area contributed by atoms with Gasteiger partial charge in [0.2, 0.25) is 5.91 Å². The van der Waals surface area contributed by atoms with Crippen LogP contribution in [0.4, 0.5) is 4.79 Å². The van der Waals surface area contributed by atoms with Crippen LogP contribution < -0.4 is 10.6 Å². The number of hydrogen-bond acceptors (Lipinski definition) is 4. The lowest BCUT2D eigenvalue weighted by Gasteiger charge is -2.35. The average Bonchev–Trinajstić information content (AvgIpc) is 3.13. The number of benzene rings is 2. The van der Waals surface area contributed by atoms with Gasteiger partial charge in [0.15, 0.2) is 0 Å². The molecule has 186 valence electrons. The third kappa shape index (κ3) is 6.21. The molecule has 7 heteroatoms. The third-order valence-electron chi connectivity index (χ3n) is 7.07. The fraction of sp³-hybridized carbons (Fsp3) is 0.464. The Bertz CT molecular complexity index is 1020. The molecular weight excluding hydrogens is 444 g/mol. The number of nitrogens with one attached hydrogen (secondary N) is 2. The molecule has 2 aromatic rings. The summed E-state index contributed by atoms with van der Waals surface area (Å²) in [5.41, 5.74) is 4.74. The first-order chi connectivity index (χ1) is 16.9. The highest BCUT2D eigenvalue weighted by atomic mass is 16.5. The van der Waals surface area contributed by atoms with Crippen molar-refractivity contribution in [1.29, 1.82) is 0 Å². The molecule has 2 aliphatic carbocycles. The molecule has 0 saturated heterocycles. The van der Waals surface area contributed by atoms with E-state index in [0.717, 1.165) is 25.7 Å². The first kappa shape index (κ1) is 24.8. The molecule has 0 bridgehead atoms. The Hall–Kier alpha value is -3.35. The summed E-state index contributed by atoms with van der Waals surface area (Å²) in [6, 6.07) is 16.1. The second-order valence-electron chi connectivity index (χ2n) is 9.71. The number of fused-ring (bicyclic) bond motifs is 3. The topological polar surface area (TPSA) is 105 Å². The maximum atomic E-state index is 12.4. The minimum absolute atomic E-state index is 0.00152. The molecule has 3 N–H and O–H groups in total. The fourth-order valence-electron chi connectivity index (χ4n) is 5.26. The summed E-state index contributed by atoms with van der Waals surface area (Å²) < 4.78 is 5.60. The number of carbonyl (C=O) groups excluding carboxylic acids is 2. The number of rotatable bonds is 11. The lowest BCUT2D eigenvalue weighted by atomic mass is 9.78. The van der Waals surface area contributed by atoms with Crippen molar-refractivity contribution in [3.05, 3.63) is 59.7 Å². The molecular formula is C28H34N2O5. The molecule has 7 nitrogen and oxygen atoms in total. The number of hydrogen-bond donors (Lipinski definition) is 3. The quantitative estimate of drug-likeness (QED) is 0.429. The molecule has 0 aromatic heterocycles. The number of carboxylic acids is 1. The van der Waals surface area contributed by atoms with Crippen molar-refractivity contribution in [3.8, 4) is 11.1 Å². The number of unbranched alkanes of at least 4 members (excludes halogenated alkanes) is 1. The first-order valence-corrected chi connectivity index (χ1v) is 12.6. The molecule has 1 fully saturated rings. The second-order valence-corrected chi connectivity index (χ2v) is 9.71. The van der Waals surface area contributed by atoms with Gasteiger partial charge in [-0.2, -0.15) is 0 Å². The maximum absolute atomic E-state index is 12.4. The molecule has 0 radical (unpaired) electrons. The normalized spacial score (nSPS) is 19.1. The van der Waals surface area contributed by atoms with E-state index in [1.165, 1.54) is 22.3 Å². The van der Waals surface area contributed by atoms with Gasteiger partial charge in [-0.05, 0) is 47.4 Å². The standard InChI is InChI=1S/C28H34N2O5/c1-2-3-8-19(16-27(32)33)29-26(31)15-18-13-20(14-18)30-28(34)35-17-25-23-11-6-4-9-21(23)22-10-5-7-12-24(22)25/h4-7,9-12,18-20,25H,2-3,8,13-17H2,1H3,(H,29,31)(H,30,34)(H,32,33)/t18?,19-,20?/m1/s1. The zero-order valence-corrected chi connectivity index (χ0v) is 20.2. The summed E-state index contributed by atoms with van der Waals surface area (Å²) in [5.74, 6) is -0.803. The molecule has 0 aliphatic heterocycles. The lowest BCUT2D eigenvalue weighted by molar-refractivity contribution is -0.137. The largest absolute Gasteiger partial charge is 0.481 e. The summed E-state index contributed by atoms with van der Waals surface area (Å²) in [5, 5.41) is 14.8. The Kier molecular flexibility index (Phi) is 8.06. The van der Waals surface area contributed by atoms with Crippen molar-refractivity contribution >= 4 is 18.0 Å². The van der Waals surface area contributed by atoms with Gasteiger partial charge in [-0.15, -0.1) is 0 Å². The number of carboxylic acid groups (broad SMARTS) is 1. The van der Waals surface area contributed by atoms with Crippen molar-refractivity contribution in [2.24, 2.45) is 5.92 Å². The summed E-state index contributed by atoms with van der Waals surface area (Å²) in [6.07, 6.45) is 3.82. The fourth-order valence-corrected chi connectivity index (χ4v) is 5.26. The Labute approximate surface area is 206 Å². The molecule has 0 heterocycles. The van der Waals surface area contributed by atoms with Gasteiger partial charge >= 0.3 is 12.1 Å². The van der Waals surface area contributed by atoms with Crippen LogP contribution in [0.15, 0.2) is 48.5 Å². The van der Waals surface area contributed by atoms with E-state index in [1.54, 1.807) is 0 Å². The van der Waals surface area contributed by atoms with E-state index in [4.69, 9.17) is 9.84 Å². The number of amides is 2. The summed E-state index contributed by atoms with van der Waals surface area (Å²) >= 11 is 0. The molecule has 2 amide bonds. The second kappa shape index (κ2) is 11.4. The van der Waals surface area contributed by atoms with Gasteiger partial charge in [-0.25, -0.2) is 4.79 Å². The van der Waals surface area contributed by atoms with Crippen molar-refractivity contribution < 1.29 is 24.2 Å². The average molecular weight is 479 g/mol. The smallest absolute Gasteiger partial charge is 0.407 e. The van der Waals surface area contributed by atoms with Gasteiger partial charge in [0.05, 0.1) is 6.42 Å². The minimum atomic E-state index is -0.901. The third-order valence-corrected chi connectivity index (χ3v) is 7.07. The first-order valence-electron chi connectivity index (χ1n) is 12.6. The SMILES string of the molecule is CCCC[C@H](CC(=O)O)NC(=O)CC1CC(NC(=O)OCC2c3ccccc3-c3ccccc32)C1. The summed E-state index contributed by atoms with van der Waals surface area (Å²) in [4.78, 5) is 35.8. The highest BCUT2D eigenvalue weighted by molar-refractivity contribution is 5.79. The van der Waals surface area contributed by atoms with Crippen molar-refractivity contribution in [1.82, 2.24) is 10.6 Å². The van der Waals surface area contributed by atoms with Crippen LogP contribution in [0.25, 0.3) is 11.1 Å². The maximum Gasteiger partial charge on any atom is 0.407 e. The zero-order valence-electron chi connectivity index (χ0n) is 20.2. The zero-order chi connectivity index (χ0) is 24.8.